The van der Waals surface area contributed by atoms with Crippen LogP contribution in [0.2, 0.25) is 0 Å². The van der Waals surface area contributed by atoms with Crippen LogP contribution in [-0.4, -0.2) is 37.9 Å². The summed E-state index contributed by atoms with van der Waals surface area (Å²) in [6.07, 6.45) is 6.17. The summed E-state index contributed by atoms with van der Waals surface area (Å²) in [6, 6.07) is 6.35. The molecule has 0 spiro atoms. The molecule has 1 fully saturated rings. The molecule has 0 unspecified atom stereocenters. The molecule has 0 bridgehead atoms. The number of fused-ring (bicyclic) bond motifs is 2. The van der Waals surface area contributed by atoms with Gasteiger partial charge in [-0.3, -0.25) is 4.99 Å². The summed E-state index contributed by atoms with van der Waals surface area (Å²) in [5, 5.41) is 0.0511. The first-order valence-corrected chi connectivity index (χ1v) is 11.4. The molecule has 34 heavy (non-hydrogen) atoms. The van der Waals surface area contributed by atoms with Gasteiger partial charge in [-0.25, -0.2) is 28.1 Å². The lowest BCUT2D eigenvalue weighted by Gasteiger charge is -2.34. The fourth-order valence-electron chi connectivity index (χ4n) is 4.68. The molecule has 1 aliphatic heterocycles. The Labute approximate surface area is 198 Å². The van der Waals surface area contributed by atoms with E-state index in [1.54, 1.807) is 25.1 Å². The molecule has 3 atom stereocenters. The summed E-state index contributed by atoms with van der Waals surface area (Å²) in [5.41, 5.74) is 7.50. The molecule has 2 aliphatic rings. The Kier molecular flexibility index (Phi) is 5.40. The molecule has 2 N–H and O–H groups in total. The maximum Gasteiger partial charge on any atom is 0.253 e. The number of aromatic nitrogens is 3. The highest BCUT2D eigenvalue weighted by Gasteiger charge is 2.71. The molecular formula is C24H20F3N5OS. The molecule has 0 saturated heterocycles. The van der Waals surface area contributed by atoms with Crippen LogP contribution in [0, 0.1) is 24.1 Å². The van der Waals surface area contributed by atoms with Gasteiger partial charge in [0.2, 0.25) is 0 Å². The van der Waals surface area contributed by atoms with Gasteiger partial charge >= 0.3 is 0 Å². The minimum Gasteiger partial charge on any atom is -0.479 e. The van der Waals surface area contributed by atoms with Crippen molar-refractivity contribution < 1.29 is 17.9 Å². The predicted octanol–water partition coefficient (Wildman–Crippen LogP) is 4.07. The number of halogens is 3. The van der Waals surface area contributed by atoms with Crippen LogP contribution in [0.15, 0.2) is 41.8 Å². The van der Waals surface area contributed by atoms with Crippen molar-refractivity contribution >= 4 is 28.0 Å². The second-order valence-corrected chi connectivity index (χ2v) is 9.94. The van der Waals surface area contributed by atoms with E-state index in [0.717, 1.165) is 17.3 Å². The maximum atomic E-state index is 15.0. The molecular weight excluding hydrogens is 463 g/mol. The number of alkyl halides is 2. The number of ether oxygens (including phenoxy) is 1. The van der Waals surface area contributed by atoms with Crippen molar-refractivity contribution in [1.29, 1.82) is 0 Å². The summed E-state index contributed by atoms with van der Waals surface area (Å²) in [6.45, 7) is 1.79. The van der Waals surface area contributed by atoms with Gasteiger partial charge in [0, 0.05) is 24.0 Å². The molecule has 3 heterocycles. The van der Waals surface area contributed by atoms with Crippen LogP contribution in [-0.2, 0) is 12.0 Å². The first kappa shape index (κ1) is 22.5. The highest BCUT2D eigenvalue weighted by molar-refractivity contribution is 8.15. The van der Waals surface area contributed by atoms with Gasteiger partial charge in [0.15, 0.2) is 5.17 Å². The van der Waals surface area contributed by atoms with Gasteiger partial charge in [-0.1, -0.05) is 29.8 Å². The number of nitrogens with two attached hydrogens (primary N) is 1. The summed E-state index contributed by atoms with van der Waals surface area (Å²) < 4.78 is 46.8. The molecule has 1 saturated carbocycles. The van der Waals surface area contributed by atoms with Gasteiger partial charge in [-0.05, 0) is 25.0 Å². The van der Waals surface area contributed by atoms with Crippen molar-refractivity contribution in [3.63, 3.8) is 0 Å². The lowest BCUT2D eigenvalue weighted by Crippen LogP contribution is -2.38. The normalized spacial score (nSPS) is 25.5. The van der Waals surface area contributed by atoms with Gasteiger partial charge in [0.05, 0.1) is 27.7 Å². The number of thioether (sulfide) groups is 1. The molecule has 3 aromatic rings. The van der Waals surface area contributed by atoms with Crippen LogP contribution in [0.3, 0.4) is 0 Å². The van der Waals surface area contributed by atoms with E-state index in [1.165, 1.54) is 18.6 Å². The number of benzene rings is 1. The Balaban J connectivity index is 1.49. The Hall–Kier alpha value is -3.32. The Morgan fingerprint density at radius 3 is 2.88 bits per heavy atom. The molecule has 10 heteroatoms. The second-order valence-electron chi connectivity index (χ2n) is 8.55. The molecule has 174 valence electrons. The van der Waals surface area contributed by atoms with E-state index in [1.807, 2.05) is 0 Å². The van der Waals surface area contributed by atoms with Crippen molar-refractivity contribution in [2.75, 3.05) is 6.61 Å². The first-order chi connectivity index (χ1) is 16.3. The quantitative estimate of drug-likeness (QED) is 0.532. The third kappa shape index (κ3) is 3.64. The molecule has 5 rings (SSSR count). The standard InChI is InChI=1S/C24H20F3N5OS/c1-3-6-33-14-9-18-20(29-11-14)17(30-12-31-18)8-13-4-5-16(25)15(7-13)23(2)19-10-24(19,21(26)27)34-22(28)32-23/h1,4-5,7,9,11-12,19,21H,6,8,10H2,2H3,(H2,28,32)/t19-,23+,24-/m0/s1. The topological polar surface area (TPSA) is 86.3 Å². The van der Waals surface area contributed by atoms with Crippen LogP contribution in [0.4, 0.5) is 13.2 Å². The highest BCUT2D eigenvalue weighted by atomic mass is 32.2. The average molecular weight is 484 g/mol. The maximum absolute atomic E-state index is 15.0. The minimum atomic E-state index is -2.57. The van der Waals surface area contributed by atoms with E-state index in [9.17, 15) is 8.78 Å². The number of amidine groups is 1. The zero-order chi connectivity index (χ0) is 24.1. The third-order valence-corrected chi connectivity index (χ3v) is 7.74. The summed E-state index contributed by atoms with van der Waals surface area (Å²) in [7, 11) is 0. The Morgan fingerprint density at radius 2 is 2.12 bits per heavy atom. The summed E-state index contributed by atoms with van der Waals surface area (Å²) in [4.78, 5) is 17.5. The molecule has 1 aromatic carbocycles. The second kappa shape index (κ2) is 8.17. The zero-order valence-corrected chi connectivity index (χ0v) is 19.0. The number of pyridine rings is 1. The predicted molar refractivity (Wildman–Crippen MR) is 124 cm³/mol. The van der Waals surface area contributed by atoms with Crippen LogP contribution in [0.1, 0.15) is 30.2 Å². The van der Waals surface area contributed by atoms with E-state index in [-0.39, 0.29) is 23.8 Å². The van der Waals surface area contributed by atoms with Crippen LogP contribution < -0.4 is 10.5 Å². The van der Waals surface area contributed by atoms with Gasteiger partial charge in [-0.15, -0.1) is 6.42 Å². The van der Waals surface area contributed by atoms with E-state index in [2.05, 4.69) is 25.9 Å². The van der Waals surface area contributed by atoms with Crippen LogP contribution >= 0.6 is 11.8 Å². The minimum absolute atomic E-state index is 0.0511. The zero-order valence-electron chi connectivity index (χ0n) is 18.1. The highest BCUT2D eigenvalue weighted by Crippen LogP contribution is 2.68. The van der Waals surface area contributed by atoms with Gasteiger partial charge in [-0.2, -0.15) is 0 Å². The van der Waals surface area contributed by atoms with E-state index < -0.39 is 28.4 Å². The number of terminal acetylenes is 1. The first-order valence-electron chi connectivity index (χ1n) is 10.5. The average Bonchev–Trinajstić information content (AvgIpc) is 3.56. The fraction of sp³-hybridized carbons (Fsp3) is 0.333. The number of aliphatic imine (C=N–C) groups is 1. The van der Waals surface area contributed by atoms with Gasteiger partial charge in [0.1, 0.15) is 30.0 Å². The SMILES string of the molecule is C#CCOc1cnc2c(Cc3ccc(F)c([C@@]4(C)N=C(N)S[C@@]5(C(F)F)C[C@@H]45)c3)ncnc2c1. The number of rotatable bonds is 6. The molecule has 0 radical (unpaired) electrons. The molecule has 1 aliphatic carbocycles. The van der Waals surface area contributed by atoms with Crippen LogP contribution in [0.25, 0.3) is 11.0 Å². The number of hydrogen-bond donors (Lipinski definition) is 1. The Bertz CT molecular complexity index is 1360. The van der Waals surface area contributed by atoms with Crippen LogP contribution in [0.5, 0.6) is 5.75 Å². The van der Waals surface area contributed by atoms with Gasteiger partial charge < -0.3 is 10.5 Å². The Morgan fingerprint density at radius 1 is 1.29 bits per heavy atom. The van der Waals surface area contributed by atoms with E-state index in [0.29, 0.717) is 28.9 Å². The monoisotopic (exact) mass is 483 g/mol. The molecule has 6 nitrogen and oxygen atoms in total. The van der Waals surface area contributed by atoms with E-state index in [4.69, 9.17) is 16.9 Å². The largest absolute Gasteiger partial charge is 0.479 e. The third-order valence-electron chi connectivity index (χ3n) is 6.43. The van der Waals surface area contributed by atoms with Crippen molar-refractivity contribution in [1.82, 2.24) is 15.0 Å². The van der Waals surface area contributed by atoms with Crippen molar-refractivity contribution in [2.45, 2.75) is 36.5 Å². The number of hydrogen-bond acceptors (Lipinski definition) is 7. The molecule has 0 amide bonds. The van der Waals surface area contributed by atoms with Crippen molar-refractivity contribution in [3.05, 3.63) is 59.4 Å². The fourth-order valence-corrected chi connectivity index (χ4v) is 6.02. The smallest absolute Gasteiger partial charge is 0.253 e. The lowest BCUT2D eigenvalue weighted by molar-refractivity contribution is 0.124. The van der Waals surface area contributed by atoms with Crippen molar-refractivity contribution in [2.24, 2.45) is 16.6 Å². The lowest BCUT2D eigenvalue weighted by atomic mass is 9.84. The molecule has 2 aromatic heterocycles. The van der Waals surface area contributed by atoms with Crippen molar-refractivity contribution in [3.8, 4) is 18.1 Å². The number of nitrogens with zero attached hydrogens (tertiary/aromatic N) is 4. The summed E-state index contributed by atoms with van der Waals surface area (Å²) >= 11 is 0.897. The van der Waals surface area contributed by atoms with Gasteiger partial charge in [0.25, 0.3) is 6.43 Å². The van der Waals surface area contributed by atoms with E-state index >= 15 is 4.39 Å². The summed E-state index contributed by atoms with van der Waals surface area (Å²) in [5.74, 6) is 1.86.